The van der Waals surface area contributed by atoms with Gasteiger partial charge in [-0.2, -0.15) is 0 Å². The predicted octanol–water partition coefficient (Wildman–Crippen LogP) is 2.83. The normalized spacial score (nSPS) is 11.1. The van der Waals surface area contributed by atoms with Crippen LogP contribution in [0.15, 0.2) is 36.7 Å². The van der Waals surface area contributed by atoms with Gasteiger partial charge in [-0.25, -0.2) is 4.98 Å². The molecule has 0 amide bonds. The summed E-state index contributed by atoms with van der Waals surface area (Å²) in [5.74, 6) is 1.66. The lowest BCUT2D eigenvalue weighted by Gasteiger charge is -2.08. The molecule has 3 nitrogen and oxygen atoms in total. The van der Waals surface area contributed by atoms with Crippen LogP contribution in [0.4, 0.5) is 0 Å². The third kappa shape index (κ3) is 3.20. The van der Waals surface area contributed by atoms with Crippen LogP contribution in [-0.4, -0.2) is 9.55 Å². The molecule has 1 N–H and O–H groups in total. The third-order valence-electron chi connectivity index (χ3n) is 3.18. The molecule has 0 aliphatic heterocycles. The van der Waals surface area contributed by atoms with Crippen LogP contribution in [0.2, 0.25) is 0 Å². The molecule has 0 aliphatic rings. The summed E-state index contributed by atoms with van der Waals surface area (Å²) < 4.78 is 2.04. The fourth-order valence-corrected chi connectivity index (χ4v) is 1.91. The SMILES string of the molecule is CC(C)c1ccc(CNCc2nccn2C)cc1. The zero-order valence-electron chi connectivity index (χ0n) is 11.4. The molecule has 0 radical (unpaired) electrons. The molecule has 0 fully saturated rings. The van der Waals surface area contributed by atoms with Gasteiger partial charge in [-0.15, -0.1) is 0 Å². The van der Waals surface area contributed by atoms with E-state index >= 15 is 0 Å². The van der Waals surface area contributed by atoms with E-state index in [0.29, 0.717) is 5.92 Å². The predicted molar refractivity (Wildman–Crippen MR) is 74.3 cm³/mol. The highest BCUT2D eigenvalue weighted by Gasteiger charge is 2.00. The summed E-state index contributed by atoms with van der Waals surface area (Å²) in [5.41, 5.74) is 2.71. The maximum atomic E-state index is 4.28. The first-order chi connectivity index (χ1) is 8.66. The molecule has 96 valence electrons. The molecule has 2 rings (SSSR count). The van der Waals surface area contributed by atoms with Gasteiger partial charge in [0.05, 0.1) is 6.54 Å². The zero-order chi connectivity index (χ0) is 13.0. The standard InChI is InChI=1S/C15H21N3/c1-12(2)14-6-4-13(5-7-14)10-16-11-15-17-8-9-18(15)3/h4-9,12,16H,10-11H2,1-3H3. The monoisotopic (exact) mass is 243 g/mol. The lowest BCUT2D eigenvalue weighted by Crippen LogP contribution is -2.15. The fourth-order valence-electron chi connectivity index (χ4n) is 1.91. The molecule has 1 heterocycles. The number of hydrogen-bond acceptors (Lipinski definition) is 2. The molecule has 3 heteroatoms. The second-order valence-corrected chi connectivity index (χ2v) is 4.95. The van der Waals surface area contributed by atoms with Gasteiger partial charge >= 0.3 is 0 Å². The van der Waals surface area contributed by atoms with E-state index in [1.54, 1.807) is 0 Å². The number of aryl methyl sites for hydroxylation is 1. The number of rotatable bonds is 5. The topological polar surface area (TPSA) is 29.9 Å². The molecule has 0 atom stereocenters. The minimum absolute atomic E-state index is 0.597. The quantitative estimate of drug-likeness (QED) is 0.875. The highest BCUT2D eigenvalue weighted by molar-refractivity contribution is 5.24. The van der Waals surface area contributed by atoms with Crippen LogP contribution in [0, 0.1) is 0 Å². The lowest BCUT2D eigenvalue weighted by molar-refractivity contribution is 0.638. The van der Waals surface area contributed by atoms with Gasteiger partial charge in [0.15, 0.2) is 0 Å². The van der Waals surface area contributed by atoms with Gasteiger partial charge < -0.3 is 9.88 Å². The Morgan fingerprint density at radius 1 is 1.17 bits per heavy atom. The maximum absolute atomic E-state index is 4.28. The molecule has 1 aromatic heterocycles. The van der Waals surface area contributed by atoms with Gasteiger partial charge in [0, 0.05) is 26.0 Å². The van der Waals surface area contributed by atoms with E-state index < -0.39 is 0 Å². The maximum Gasteiger partial charge on any atom is 0.122 e. The van der Waals surface area contributed by atoms with Crippen molar-refractivity contribution < 1.29 is 0 Å². The van der Waals surface area contributed by atoms with Gasteiger partial charge in [0.25, 0.3) is 0 Å². The Balaban J connectivity index is 1.85. The summed E-state index contributed by atoms with van der Waals surface area (Å²) in [6, 6.07) is 8.81. The number of aromatic nitrogens is 2. The van der Waals surface area contributed by atoms with Crippen LogP contribution in [0.25, 0.3) is 0 Å². The van der Waals surface area contributed by atoms with Crippen molar-refractivity contribution in [2.45, 2.75) is 32.9 Å². The van der Waals surface area contributed by atoms with Gasteiger partial charge in [-0.1, -0.05) is 38.1 Å². The van der Waals surface area contributed by atoms with Gasteiger partial charge in [0.2, 0.25) is 0 Å². The van der Waals surface area contributed by atoms with Crippen molar-refractivity contribution >= 4 is 0 Å². The smallest absolute Gasteiger partial charge is 0.122 e. The summed E-state index contributed by atoms with van der Waals surface area (Å²) in [6.07, 6.45) is 3.79. The number of nitrogens with zero attached hydrogens (tertiary/aromatic N) is 2. The molecule has 0 spiro atoms. The molecule has 0 unspecified atom stereocenters. The summed E-state index contributed by atoms with van der Waals surface area (Å²) in [4.78, 5) is 4.28. The van der Waals surface area contributed by atoms with Gasteiger partial charge in [-0.3, -0.25) is 0 Å². The lowest BCUT2D eigenvalue weighted by atomic mass is 10.0. The minimum atomic E-state index is 0.597. The first kappa shape index (κ1) is 12.8. The average Bonchev–Trinajstić information content (AvgIpc) is 2.76. The highest BCUT2D eigenvalue weighted by atomic mass is 15.1. The van der Waals surface area contributed by atoms with E-state index in [0.717, 1.165) is 18.9 Å². The molecule has 0 saturated heterocycles. The molecule has 1 aromatic carbocycles. The summed E-state index contributed by atoms with van der Waals surface area (Å²) in [6.45, 7) is 6.11. The van der Waals surface area contributed by atoms with Crippen LogP contribution in [0.3, 0.4) is 0 Å². The van der Waals surface area contributed by atoms with Crippen molar-refractivity contribution in [2.75, 3.05) is 0 Å². The first-order valence-electron chi connectivity index (χ1n) is 6.42. The molecular weight excluding hydrogens is 222 g/mol. The second kappa shape index (κ2) is 5.83. The Labute approximate surface area is 109 Å². The van der Waals surface area contributed by atoms with Gasteiger partial charge in [-0.05, 0) is 17.0 Å². The number of imidazole rings is 1. The summed E-state index contributed by atoms with van der Waals surface area (Å²) in [7, 11) is 2.02. The fraction of sp³-hybridized carbons (Fsp3) is 0.400. The van der Waals surface area contributed by atoms with Crippen LogP contribution in [-0.2, 0) is 20.1 Å². The molecule has 0 aliphatic carbocycles. The van der Waals surface area contributed by atoms with Gasteiger partial charge in [0.1, 0.15) is 5.82 Å². The van der Waals surface area contributed by atoms with E-state index in [1.165, 1.54) is 11.1 Å². The Morgan fingerprint density at radius 2 is 1.89 bits per heavy atom. The highest BCUT2D eigenvalue weighted by Crippen LogP contribution is 2.14. The number of benzene rings is 1. The summed E-state index contributed by atoms with van der Waals surface area (Å²) >= 11 is 0. The molecule has 2 aromatic rings. The first-order valence-corrected chi connectivity index (χ1v) is 6.42. The van der Waals surface area contributed by atoms with Crippen LogP contribution in [0.1, 0.15) is 36.7 Å². The van der Waals surface area contributed by atoms with E-state index in [-0.39, 0.29) is 0 Å². The molecule has 0 saturated carbocycles. The Kier molecular flexibility index (Phi) is 4.15. The Bertz CT molecular complexity index is 483. The largest absolute Gasteiger partial charge is 0.337 e. The second-order valence-electron chi connectivity index (χ2n) is 4.95. The third-order valence-corrected chi connectivity index (χ3v) is 3.18. The minimum Gasteiger partial charge on any atom is -0.337 e. The van der Waals surface area contributed by atoms with E-state index in [9.17, 15) is 0 Å². The Morgan fingerprint density at radius 3 is 2.44 bits per heavy atom. The molecule has 18 heavy (non-hydrogen) atoms. The van der Waals surface area contributed by atoms with Crippen molar-refractivity contribution in [2.24, 2.45) is 7.05 Å². The van der Waals surface area contributed by atoms with Crippen molar-refractivity contribution in [3.63, 3.8) is 0 Å². The Hall–Kier alpha value is -1.61. The van der Waals surface area contributed by atoms with Crippen molar-refractivity contribution in [3.8, 4) is 0 Å². The van der Waals surface area contributed by atoms with E-state index in [4.69, 9.17) is 0 Å². The average molecular weight is 243 g/mol. The number of hydrogen-bond donors (Lipinski definition) is 1. The number of nitrogens with one attached hydrogen (secondary N) is 1. The van der Waals surface area contributed by atoms with E-state index in [1.807, 2.05) is 24.0 Å². The van der Waals surface area contributed by atoms with Crippen molar-refractivity contribution in [1.82, 2.24) is 14.9 Å². The summed E-state index contributed by atoms with van der Waals surface area (Å²) in [5, 5.41) is 3.41. The van der Waals surface area contributed by atoms with Crippen LogP contribution in [0.5, 0.6) is 0 Å². The van der Waals surface area contributed by atoms with Crippen molar-refractivity contribution in [1.29, 1.82) is 0 Å². The van der Waals surface area contributed by atoms with Crippen molar-refractivity contribution in [3.05, 3.63) is 53.6 Å². The zero-order valence-corrected chi connectivity index (χ0v) is 11.4. The van der Waals surface area contributed by atoms with Crippen LogP contribution < -0.4 is 5.32 Å². The molecular formula is C15H21N3. The molecule has 0 bridgehead atoms. The van der Waals surface area contributed by atoms with Crippen LogP contribution >= 0.6 is 0 Å². The van der Waals surface area contributed by atoms with E-state index in [2.05, 4.69) is 48.4 Å².